The molecule has 30 heavy (non-hydrogen) atoms. The first-order chi connectivity index (χ1) is 14.5. The summed E-state index contributed by atoms with van der Waals surface area (Å²) in [7, 11) is 3.96. The van der Waals surface area contributed by atoms with Crippen LogP contribution < -0.4 is 5.32 Å². The highest BCUT2D eigenvalue weighted by Gasteiger charge is 2.26. The number of hydrogen-bond donors (Lipinski definition) is 1. The van der Waals surface area contributed by atoms with Crippen LogP contribution in [0.5, 0.6) is 0 Å². The van der Waals surface area contributed by atoms with Crippen molar-refractivity contribution in [3.05, 3.63) is 69.7 Å². The van der Waals surface area contributed by atoms with Crippen LogP contribution in [0.25, 0.3) is 0 Å². The normalized spacial score (nSPS) is 16.3. The summed E-state index contributed by atoms with van der Waals surface area (Å²) in [6.07, 6.45) is 1.93. The highest BCUT2D eigenvalue weighted by atomic mass is 35.5. The molecule has 1 unspecified atom stereocenters. The summed E-state index contributed by atoms with van der Waals surface area (Å²) in [6.45, 7) is 2.73. The first-order valence-corrected chi connectivity index (χ1v) is 11.0. The topological polar surface area (TPSA) is 44.8 Å². The Bertz CT molecular complexity index is 826. The third-order valence-corrected chi connectivity index (χ3v) is 6.44. The van der Waals surface area contributed by atoms with E-state index in [0.717, 1.165) is 37.1 Å². The third kappa shape index (κ3) is 6.11. The monoisotopic (exact) mass is 449 g/mol. The number of nitrogens with zero attached hydrogens (tertiary/aromatic N) is 2. The van der Waals surface area contributed by atoms with Crippen LogP contribution in [0.15, 0.2) is 48.5 Å². The van der Waals surface area contributed by atoms with Gasteiger partial charge in [-0.25, -0.2) is 4.79 Å². The lowest BCUT2D eigenvalue weighted by molar-refractivity contribution is 0.0947. The molecule has 0 radical (unpaired) electrons. The molecule has 2 amide bonds. The van der Waals surface area contributed by atoms with Gasteiger partial charge in [-0.05, 0) is 50.2 Å². The van der Waals surface area contributed by atoms with E-state index in [1.54, 1.807) is 11.0 Å². The van der Waals surface area contributed by atoms with Crippen LogP contribution in [0.1, 0.15) is 30.0 Å². The molecule has 162 valence electrons. The SMILES string of the molecule is CN1CCC(N(C)C(=O)NC(COCc2ccccc2)c2cccc(Cl)c2Cl)CC1. The molecule has 1 aliphatic rings. The van der Waals surface area contributed by atoms with Gasteiger partial charge < -0.3 is 19.9 Å². The standard InChI is InChI=1S/C23H29Cl2N3O2/c1-27-13-11-18(12-14-27)28(2)23(29)26-21(19-9-6-10-20(24)22(19)25)16-30-15-17-7-4-3-5-8-17/h3-10,18,21H,11-16H2,1-2H3,(H,26,29). The molecule has 0 spiro atoms. The van der Waals surface area contributed by atoms with Crippen LogP contribution in [-0.4, -0.2) is 55.7 Å². The second-order valence-electron chi connectivity index (χ2n) is 7.79. The smallest absolute Gasteiger partial charge is 0.317 e. The minimum atomic E-state index is -0.402. The van der Waals surface area contributed by atoms with Gasteiger partial charge >= 0.3 is 6.03 Å². The molecule has 0 aromatic heterocycles. The van der Waals surface area contributed by atoms with E-state index in [-0.39, 0.29) is 12.1 Å². The zero-order valence-electron chi connectivity index (χ0n) is 17.5. The quantitative estimate of drug-likeness (QED) is 0.647. The van der Waals surface area contributed by atoms with Gasteiger partial charge in [0.05, 0.1) is 29.3 Å². The summed E-state index contributed by atoms with van der Waals surface area (Å²) in [4.78, 5) is 17.1. The van der Waals surface area contributed by atoms with Gasteiger partial charge in [-0.1, -0.05) is 65.7 Å². The molecule has 1 aliphatic heterocycles. The average Bonchev–Trinajstić information content (AvgIpc) is 2.76. The third-order valence-electron chi connectivity index (χ3n) is 5.61. The molecule has 1 atom stereocenters. The Morgan fingerprint density at radius 3 is 2.57 bits per heavy atom. The van der Waals surface area contributed by atoms with Gasteiger partial charge in [0.1, 0.15) is 0 Å². The average molecular weight is 450 g/mol. The lowest BCUT2D eigenvalue weighted by atomic mass is 10.0. The van der Waals surface area contributed by atoms with E-state index in [1.165, 1.54) is 0 Å². The predicted molar refractivity (Wildman–Crippen MR) is 122 cm³/mol. The van der Waals surface area contributed by atoms with E-state index in [2.05, 4.69) is 17.3 Å². The molecule has 1 N–H and O–H groups in total. The van der Waals surface area contributed by atoms with Crippen LogP contribution >= 0.6 is 23.2 Å². The van der Waals surface area contributed by atoms with Gasteiger partial charge in [0.15, 0.2) is 0 Å². The minimum absolute atomic E-state index is 0.131. The van der Waals surface area contributed by atoms with E-state index in [0.29, 0.717) is 23.3 Å². The van der Waals surface area contributed by atoms with Crippen molar-refractivity contribution < 1.29 is 9.53 Å². The molecule has 0 aliphatic carbocycles. The van der Waals surface area contributed by atoms with E-state index in [9.17, 15) is 4.79 Å². The number of hydrogen-bond acceptors (Lipinski definition) is 3. The lowest BCUT2D eigenvalue weighted by Crippen LogP contribution is -2.49. The lowest BCUT2D eigenvalue weighted by Gasteiger charge is -2.36. The van der Waals surface area contributed by atoms with Crippen molar-refractivity contribution in [3.8, 4) is 0 Å². The summed E-state index contributed by atoms with van der Waals surface area (Å²) in [5.74, 6) is 0. The fraction of sp³-hybridized carbons (Fsp3) is 0.435. The van der Waals surface area contributed by atoms with Gasteiger partial charge in [0.25, 0.3) is 0 Å². The number of benzene rings is 2. The van der Waals surface area contributed by atoms with Crippen molar-refractivity contribution in [2.24, 2.45) is 0 Å². The second kappa shape index (κ2) is 11.0. The molecule has 2 aromatic rings. The Labute approximate surface area is 188 Å². The zero-order valence-corrected chi connectivity index (χ0v) is 19.0. The molecular weight excluding hydrogens is 421 g/mol. The maximum absolute atomic E-state index is 13.0. The first kappa shape index (κ1) is 22.9. The highest BCUT2D eigenvalue weighted by Crippen LogP contribution is 2.30. The second-order valence-corrected chi connectivity index (χ2v) is 8.58. The molecule has 7 heteroatoms. The molecule has 2 aromatic carbocycles. The molecule has 1 fully saturated rings. The van der Waals surface area contributed by atoms with Gasteiger partial charge in [0.2, 0.25) is 0 Å². The van der Waals surface area contributed by atoms with Crippen molar-refractivity contribution >= 4 is 29.2 Å². The first-order valence-electron chi connectivity index (χ1n) is 10.2. The van der Waals surface area contributed by atoms with Crippen LogP contribution in [-0.2, 0) is 11.3 Å². The summed E-state index contributed by atoms with van der Waals surface area (Å²) >= 11 is 12.7. The van der Waals surface area contributed by atoms with Crippen LogP contribution in [0.2, 0.25) is 10.0 Å². The van der Waals surface area contributed by atoms with Gasteiger partial charge in [-0.2, -0.15) is 0 Å². The Kier molecular flexibility index (Phi) is 8.40. The molecular formula is C23H29Cl2N3O2. The number of carbonyl (C=O) groups excluding carboxylic acids is 1. The van der Waals surface area contributed by atoms with Crippen LogP contribution in [0.3, 0.4) is 0 Å². The number of piperidine rings is 1. The maximum Gasteiger partial charge on any atom is 0.317 e. The van der Waals surface area contributed by atoms with Crippen molar-refractivity contribution in [2.45, 2.75) is 31.5 Å². The molecule has 1 heterocycles. The van der Waals surface area contributed by atoms with E-state index in [4.69, 9.17) is 27.9 Å². The number of ether oxygens (including phenoxy) is 1. The van der Waals surface area contributed by atoms with Crippen molar-refractivity contribution in [1.82, 2.24) is 15.1 Å². The Hall–Kier alpha value is -1.79. The molecule has 0 bridgehead atoms. The number of urea groups is 1. The van der Waals surface area contributed by atoms with Crippen molar-refractivity contribution in [1.29, 1.82) is 0 Å². The largest absolute Gasteiger partial charge is 0.374 e. The van der Waals surface area contributed by atoms with E-state index >= 15 is 0 Å². The number of halogens is 2. The van der Waals surface area contributed by atoms with Gasteiger partial charge in [-0.15, -0.1) is 0 Å². The number of amides is 2. The highest BCUT2D eigenvalue weighted by molar-refractivity contribution is 6.42. The van der Waals surface area contributed by atoms with Crippen molar-refractivity contribution in [3.63, 3.8) is 0 Å². The maximum atomic E-state index is 13.0. The van der Waals surface area contributed by atoms with Crippen LogP contribution in [0.4, 0.5) is 4.79 Å². The van der Waals surface area contributed by atoms with E-state index < -0.39 is 6.04 Å². The fourth-order valence-electron chi connectivity index (χ4n) is 3.67. The summed E-state index contributed by atoms with van der Waals surface area (Å²) < 4.78 is 5.93. The predicted octanol–water partition coefficient (Wildman–Crippen LogP) is 4.99. The van der Waals surface area contributed by atoms with Crippen LogP contribution in [0, 0.1) is 0 Å². The van der Waals surface area contributed by atoms with E-state index in [1.807, 2.05) is 49.5 Å². The van der Waals surface area contributed by atoms with Gasteiger partial charge in [0, 0.05) is 13.1 Å². The summed E-state index contributed by atoms with van der Waals surface area (Å²) in [5.41, 5.74) is 1.82. The zero-order chi connectivity index (χ0) is 21.5. The summed E-state index contributed by atoms with van der Waals surface area (Å²) in [5, 5.41) is 4.00. The Morgan fingerprint density at radius 1 is 1.17 bits per heavy atom. The van der Waals surface area contributed by atoms with Gasteiger partial charge in [-0.3, -0.25) is 0 Å². The summed E-state index contributed by atoms with van der Waals surface area (Å²) in [6, 6.07) is 15.1. The molecule has 1 saturated heterocycles. The number of likely N-dealkylation sites (tertiary alicyclic amines) is 1. The Morgan fingerprint density at radius 2 is 1.87 bits per heavy atom. The number of rotatable bonds is 7. The van der Waals surface area contributed by atoms with Crippen molar-refractivity contribution in [2.75, 3.05) is 33.8 Å². The molecule has 3 rings (SSSR count). The molecule has 0 saturated carbocycles. The fourth-order valence-corrected chi connectivity index (χ4v) is 4.11. The number of carbonyl (C=O) groups is 1. The molecule has 5 nitrogen and oxygen atoms in total. The number of nitrogens with one attached hydrogen (secondary N) is 1. The Balaban J connectivity index is 1.68. The minimum Gasteiger partial charge on any atom is -0.374 e.